The molecule has 0 bridgehead atoms. The minimum Gasteiger partial charge on any atom is -0.344 e. The van der Waals surface area contributed by atoms with E-state index in [1.54, 1.807) is 12.4 Å². The first-order valence-electron chi connectivity index (χ1n) is 8.90. The van der Waals surface area contributed by atoms with E-state index in [0.717, 1.165) is 36.6 Å². The van der Waals surface area contributed by atoms with Gasteiger partial charge in [0.15, 0.2) is 0 Å². The van der Waals surface area contributed by atoms with Gasteiger partial charge in [-0.15, -0.1) is 0 Å². The molecular weight excluding hydrogens is 312 g/mol. The maximum Gasteiger partial charge on any atom is 0.255 e. The van der Waals surface area contributed by atoms with Gasteiger partial charge in [-0.2, -0.15) is 0 Å². The molecule has 134 valence electrons. The SMILES string of the molecule is Cc1cc(C(=O)N2C[C@@H](C)[C@](C)(CN)C2)c(C)n1Cc1ccncc1. The molecule has 2 N–H and O–H groups in total. The third kappa shape index (κ3) is 3.21. The standard InChI is InChI=1S/C20H28N4O/c1-14-10-23(13-20(14,4)12-21)19(25)18-9-15(2)24(16(18)3)11-17-5-7-22-8-6-17/h5-9,14H,10-13,21H2,1-4H3/t14-,20-/m1/s1. The summed E-state index contributed by atoms with van der Waals surface area (Å²) >= 11 is 0. The molecule has 0 radical (unpaired) electrons. The van der Waals surface area contributed by atoms with Gasteiger partial charge >= 0.3 is 0 Å². The average Bonchev–Trinajstić information content (AvgIpc) is 3.07. The Balaban J connectivity index is 1.84. The van der Waals surface area contributed by atoms with Crippen LogP contribution >= 0.6 is 0 Å². The molecule has 0 aromatic carbocycles. The van der Waals surface area contributed by atoms with Crippen LogP contribution in [0, 0.1) is 25.2 Å². The van der Waals surface area contributed by atoms with Gasteiger partial charge in [-0.1, -0.05) is 13.8 Å². The van der Waals surface area contributed by atoms with E-state index >= 15 is 0 Å². The smallest absolute Gasteiger partial charge is 0.255 e. The van der Waals surface area contributed by atoms with Gasteiger partial charge in [-0.05, 0) is 50.1 Å². The van der Waals surface area contributed by atoms with Gasteiger partial charge in [0.05, 0.1) is 5.56 Å². The second-order valence-electron chi connectivity index (χ2n) is 7.67. The van der Waals surface area contributed by atoms with E-state index in [1.807, 2.05) is 30.0 Å². The average molecular weight is 340 g/mol. The first-order valence-corrected chi connectivity index (χ1v) is 8.90. The van der Waals surface area contributed by atoms with Crippen LogP contribution in [0.15, 0.2) is 30.6 Å². The molecule has 0 aliphatic carbocycles. The molecule has 0 spiro atoms. The van der Waals surface area contributed by atoms with Gasteiger partial charge in [0.2, 0.25) is 0 Å². The Hall–Kier alpha value is -2.14. The van der Waals surface area contributed by atoms with Crippen LogP contribution in [-0.2, 0) is 6.54 Å². The van der Waals surface area contributed by atoms with Crippen LogP contribution in [0.2, 0.25) is 0 Å². The van der Waals surface area contributed by atoms with Crippen molar-refractivity contribution in [1.82, 2.24) is 14.5 Å². The minimum atomic E-state index is 0.0121. The number of carbonyl (C=O) groups excluding carboxylic acids is 1. The van der Waals surface area contributed by atoms with Crippen LogP contribution in [0.5, 0.6) is 0 Å². The van der Waals surface area contributed by atoms with E-state index < -0.39 is 0 Å². The van der Waals surface area contributed by atoms with E-state index in [-0.39, 0.29) is 11.3 Å². The largest absolute Gasteiger partial charge is 0.344 e. The van der Waals surface area contributed by atoms with Crippen molar-refractivity contribution in [3.63, 3.8) is 0 Å². The van der Waals surface area contributed by atoms with Crippen molar-refractivity contribution in [3.8, 4) is 0 Å². The highest BCUT2D eigenvalue weighted by molar-refractivity contribution is 5.96. The zero-order valence-corrected chi connectivity index (χ0v) is 15.6. The van der Waals surface area contributed by atoms with E-state index in [9.17, 15) is 4.79 Å². The number of pyridine rings is 1. The minimum absolute atomic E-state index is 0.0121. The highest BCUT2D eigenvalue weighted by atomic mass is 16.2. The lowest BCUT2D eigenvalue weighted by molar-refractivity contribution is 0.0775. The molecule has 25 heavy (non-hydrogen) atoms. The Bertz CT molecular complexity index is 768. The first kappa shape index (κ1) is 17.7. The monoisotopic (exact) mass is 340 g/mol. The highest BCUT2D eigenvalue weighted by Gasteiger charge is 2.41. The summed E-state index contributed by atoms with van der Waals surface area (Å²) in [7, 11) is 0. The van der Waals surface area contributed by atoms with E-state index in [4.69, 9.17) is 5.73 Å². The summed E-state index contributed by atoms with van der Waals surface area (Å²) in [6, 6.07) is 6.03. The normalized spacial score (nSPS) is 23.2. The van der Waals surface area contributed by atoms with Crippen molar-refractivity contribution >= 4 is 5.91 Å². The summed E-state index contributed by atoms with van der Waals surface area (Å²) in [5.74, 6) is 0.542. The lowest BCUT2D eigenvalue weighted by Gasteiger charge is -2.25. The lowest BCUT2D eigenvalue weighted by Crippen LogP contribution is -2.36. The molecule has 2 atom stereocenters. The van der Waals surface area contributed by atoms with Gasteiger partial charge in [-0.25, -0.2) is 0 Å². The Morgan fingerprint density at radius 2 is 2.04 bits per heavy atom. The molecular formula is C20H28N4O. The number of hydrogen-bond acceptors (Lipinski definition) is 3. The quantitative estimate of drug-likeness (QED) is 0.930. The van der Waals surface area contributed by atoms with Crippen molar-refractivity contribution < 1.29 is 4.79 Å². The molecule has 1 amide bonds. The number of hydrogen-bond donors (Lipinski definition) is 1. The summed E-state index contributed by atoms with van der Waals surface area (Å²) in [5.41, 5.74) is 10.1. The fourth-order valence-electron chi connectivity index (χ4n) is 3.73. The van der Waals surface area contributed by atoms with Crippen molar-refractivity contribution in [2.75, 3.05) is 19.6 Å². The number of aryl methyl sites for hydroxylation is 1. The number of nitrogens with zero attached hydrogens (tertiary/aromatic N) is 3. The molecule has 2 aromatic heterocycles. The van der Waals surface area contributed by atoms with Crippen molar-refractivity contribution in [2.45, 2.75) is 34.2 Å². The van der Waals surface area contributed by atoms with Gasteiger partial charge < -0.3 is 15.2 Å². The predicted octanol–water partition coefficient (Wildman–Crippen LogP) is 2.61. The molecule has 3 heterocycles. The maximum atomic E-state index is 13.1. The van der Waals surface area contributed by atoms with E-state index in [2.05, 4.69) is 30.3 Å². The Kier molecular flexibility index (Phi) is 4.69. The number of aromatic nitrogens is 2. The summed E-state index contributed by atoms with van der Waals surface area (Å²) in [6.45, 7) is 11.3. The molecule has 1 aliphatic rings. The zero-order chi connectivity index (χ0) is 18.2. The Morgan fingerprint density at radius 3 is 2.64 bits per heavy atom. The maximum absolute atomic E-state index is 13.1. The summed E-state index contributed by atoms with van der Waals surface area (Å²) in [4.78, 5) is 19.1. The number of carbonyl (C=O) groups is 1. The molecule has 5 heteroatoms. The van der Waals surface area contributed by atoms with Crippen LogP contribution in [0.4, 0.5) is 0 Å². The fourth-order valence-corrected chi connectivity index (χ4v) is 3.73. The summed E-state index contributed by atoms with van der Waals surface area (Å²) < 4.78 is 2.20. The molecule has 1 saturated heterocycles. The van der Waals surface area contributed by atoms with Crippen LogP contribution in [0.1, 0.15) is 41.2 Å². The topological polar surface area (TPSA) is 64.2 Å². The van der Waals surface area contributed by atoms with Crippen molar-refractivity contribution in [1.29, 1.82) is 0 Å². The van der Waals surface area contributed by atoms with E-state index in [1.165, 1.54) is 5.56 Å². The van der Waals surface area contributed by atoms with Crippen LogP contribution in [0.25, 0.3) is 0 Å². The van der Waals surface area contributed by atoms with Crippen LogP contribution in [0.3, 0.4) is 0 Å². The number of rotatable bonds is 4. The second kappa shape index (κ2) is 6.64. The van der Waals surface area contributed by atoms with Crippen molar-refractivity contribution in [2.24, 2.45) is 17.1 Å². The number of likely N-dealkylation sites (tertiary alicyclic amines) is 1. The molecule has 0 unspecified atom stereocenters. The summed E-state index contributed by atoms with van der Waals surface area (Å²) in [5, 5.41) is 0. The second-order valence-corrected chi connectivity index (χ2v) is 7.67. The van der Waals surface area contributed by atoms with Crippen molar-refractivity contribution in [3.05, 3.63) is 53.1 Å². The molecule has 1 fully saturated rings. The summed E-state index contributed by atoms with van der Waals surface area (Å²) in [6.07, 6.45) is 3.60. The molecule has 0 saturated carbocycles. The highest BCUT2D eigenvalue weighted by Crippen LogP contribution is 2.35. The van der Waals surface area contributed by atoms with Crippen LogP contribution in [-0.4, -0.2) is 40.0 Å². The molecule has 1 aliphatic heterocycles. The zero-order valence-electron chi connectivity index (χ0n) is 15.6. The van der Waals surface area contributed by atoms with Gasteiger partial charge in [0, 0.05) is 48.8 Å². The van der Waals surface area contributed by atoms with Gasteiger partial charge in [0.25, 0.3) is 5.91 Å². The lowest BCUT2D eigenvalue weighted by atomic mass is 9.81. The third-order valence-corrected chi connectivity index (χ3v) is 5.88. The molecule has 5 nitrogen and oxygen atoms in total. The fraction of sp³-hybridized carbons (Fsp3) is 0.500. The third-order valence-electron chi connectivity index (χ3n) is 5.88. The number of nitrogens with two attached hydrogens (primary N) is 1. The van der Waals surface area contributed by atoms with Gasteiger partial charge in [0.1, 0.15) is 0 Å². The predicted molar refractivity (Wildman–Crippen MR) is 99.5 cm³/mol. The van der Waals surface area contributed by atoms with Gasteiger partial charge in [-0.3, -0.25) is 9.78 Å². The number of amides is 1. The Labute approximate surface area is 149 Å². The molecule has 2 aromatic rings. The van der Waals surface area contributed by atoms with E-state index in [0.29, 0.717) is 12.5 Å². The first-order chi connectivity index (χ1) is 11.9. The molecule has 3 rings (SSSR count). The van der Waals surface area contributed by atoms with Crippen LogP contribution < -0.4 is 5.73 Å². The Morgan fingerprint density at radius 1 is 1.36 bits per heavy atom.